The third-order valence-corrected chi connectivity index (χ3v) is 3.20. The molecule has 0 bridgehead atoms. The van der Waals surface area contributed by atoms with Crippen LogP contribution in [0.25, 0.3) is 0 Å². The molecular formula is C15H15ClN2O2. The van der Waals surface area contributed by atoms with Gasteiger partial charge in [-0.25, -0.2) is 4.98 Å². The number of hydrogen-bond donors (Lipinski definition) is 2. The quantitative estimate of drug-likeness (QED) is 0.851. The van der Waals surface area contributed by atoms with Crippen molar-refractivity contribution in [1.29, 1.82) is 0 Å². The van der Waals surface area contributed by atoms with Crippen molar-refractivity contribution in [2.75, 3.05) is 0 Å². The van der Waals surface area contributed by atoms with E-state index in [1.54, 1.807) is 6.07 Å². The Kier molecular flexibility index (Phi) is 4.71. The fraction of sp³-hybridized carbons (Fsp3) is 0.200. The van der Waals surface area contributed by atoms with Crippen molar-refractivity contribution in [1.82, 2.24) is 10.3 Å². The van der Waals surface area contributed by atoms with E-state index in [2.05, 4.69) is 10.3 Å². The molecule has 2 atom stereocenters. The molecule has 104 valence electrons. The van der Waals surface area contributed by atoms with E-state index in [1.165, 1.54) is 12.3 Å². The molecule has 5 heteroatoms. The zero-order valence-corrected chi connectivity index (χ0v) is 11.7. The van der Waals surface area contributed by atoms with Crippen LogP contribution in [0, 0.1) is 0 Å². The van der Waals surface area contributed by atoms with Gasteiger partial charge in [0, 0.05) is 11.8 Å². The molecule has 1 aromatic carbocycles. The number of rotatable bonds is 4. The van der Waals surface area contributed by atoms with Crippen molar-refractivity contribution in [3.05, 3.63) is 64.9 Å². The van der Waals surface area contributed by atoms with E-state index >= 15 is 0 Å². The molecule has 2 aromatic rings. The smallest absolute Gasteiger partial charge is 0.254 e. The molecule has 2 N–H and O–H groups in total. The highest BCUT2D eigenvalue weighted by atomic mass is 35.5. The van der Waals surface area contributed by atoms with Gasteiger partial charge in [-0.1, -0.05) is 48.0 Å². The fourth-order valence-corrected chi connectivity index (χ4v) is 1.93. The van der Waals surface area contributed by atoms with E-state index in [0.717, 1.165) is 5.56 Å². The highest BCUT2D eigenvalue weighted by Gasteiger charge is 2.19. The minimum absolute atomic E-state index is 0.182. The topological polar surface area (TPSA) is 62.2 Å². The minimum Gasteiger partial charge on any atom is -0.378 e. The van der Waals surface area contributed by atoms with E-state index in [4.69, 9.17) is 11.6 Å². The van der Waals surface area contributed by atoms with Gasteiger partial charge >= 0.3 is 0 Å². The molecule has 0 spiro atoms. The summed E-state index contributed by atoms with van der Waals surface area (Å²) in [6.07, 6.45) is 0.130. The first-order valence-corrected chi connectivity index (χ1v) is 6.60. The van der Waals surface area contributed by atoms with Crippen LogP contribution in [-0.4, -0.2) is 16.0 Å². The van der Waals surface area contributed by atoms with Crippen LogP contribution in [0.1, 0.15) is 30.2 Å². The molecule has 4 nitrogen and oxygen atoms in total. The number of aliphatic hydroxyl groups is 1. The minimum atomic E-state index is -1.26. The van der Waals surface area contributed by atoms with Crippen LogP contribution in [0.4, 0.5) is 0 Å². The van der Waals surface area contributed by atoms with Gasteiger partial charge < -0.3 is 10.4 Å². The van der Waals surface area contributed by atoms with Gasteiger partial charge in [-0.15, -0.1) is 0 Å². The number of aliphatic hydroxyl groups excluding tert-OH is 1. The number of aromatic nitrogens is 1. The van der Waals surface area contributed by atoms with Gasteiger partial charge in [-0.2, -0.15) is 0 Å². The summed E-state index contributed by atoms with van der Waals surface area (Å²) >= 11 is 5.67. The van der Waals surface area contributed by atoms with Gasteiger partial charge in [0.1, 0.15) is 5.15 Å². The number of benzene rings is 1. The van der Waals surface area contributed by atoms with Crippen molar-refractivity contribution in [3.8, 4) is 0 Å². The van der Waals surface area contributed by atoms with Crippen molar-refractivity contribution < 1.29 is 9.90 Å². The Balaban J connectivity index is 2.02. The van der Waals surface area contributed by atoms with Gasteiger partial charge in [0.25, 0.3) is 5.91 Å². The number of hydrogen-bond acceptors (Lipinski definition) is 3. The lowest BCUT2D eigenvalue weighted by atomic mass is 10.1. The highest BCUT2D eigenvalue weighted by molar-refractivity contribution is 6.29. The van der Waals surface area contributed by atoms with Crippen molar-refractivity contribution in [2.24, 2.45) is 0 Å². The van der Waals surface area contributed by atoms with Gasteiger partial charge in [0.2, 0.25) is 0 Å². The van der Waals surface area contributed by atoms with Crippen LogP contribution in [-0.2, 0) is 4.79 Å². The zero-order chi connectivity index (χ0) is 14.5. The van der Waals surface area contributed by atoms with Gasteiger partial charge in [-0.3, -0.25) is 4.79 Å². The number of carbonyl (C=O) groups excluding carboxylic acids is 1. The lowest BCUT2D eigenvalue weighted by molar-refractivity contribution is -0.130. The third-order valence-electron chi connectivity index (χ3n) is 2.97. The Hall–Kier alpha value is -1.91. The van der Waals surface area contributed by atoms with Crippen molar-refractivity contribution in [3.63, 3.8) is 0 Å². The first-order valence-electron chi connectivity index (χ1n) is 6.23. The van der Waals surface area contributed by atoms with E-state index in [1.807, 2.05) is 37.3 Å². The van der Waals surface area contributed by atoms with Crippen LogP contribution >= 0.6 is 11.6 Å². The van der Waals surface area contributed by atoms with E-state index in [-0.39, 0.29) is 6.04 Å². The van der Waals surface area contributed by atoms with Crippen molar-refractivity contribution >= 4 is 17.5 Å². The zero-order valence-electron chi connectivity index (χ0n) is 11.0. The molecule has 0 aliphatic heterocycles. The SMILES string of the molecule is C[C@@H](NC(=O)[C@H](O)c1ccc(Cl)nc1)c1ccccc1. The Bertz CT molecular complexity index is 572. The maximum atomic E-state index is 12.0. The lowest BCUT2D eigenvalue weighted by Gasteiger charge is -2.17. The summed E-state index contributed by atoms with van der Waals surface area (Å²) in [6.45, 7) is 1.86. The number of nitrogens with one attached hydrogen (secondary N) is 1. The first-order chi connectivity index (χ1) is 9.58. The summed E-state index contributed by atoms with van der Waals surface area (Å²) in [5.41, 5.74) is 1.38. The van der Waals surface area contributed by atoms with E-state index < -0.39 is 12.0 Å². The summed E-state index contributed by atoms with van der Waals surface area (Å²) in [5, 5.41) is 13.1. The number of pyridine rings is 1. The molecule has 0 aliphatic rings. The second-order valence-electron chi connectivity index (χ2n) is 4.46. The summed E-state index contributed by atoms with van der Waals surface area (Å²) in [5.74, 6) is -0.467. The van der Waals surface area contributed by atoms with Crippen molar-refractivity contribution in [2.45, 2.75) is 19.1 Å². The molecule has 1 amide bonds. The molecule has 0 saturated heterocycles. The maximum absolute atomic E-state index is 12.0. The van der Waals surface area contributed by atoms with Gasteiger partial charge in [-0.05, 0) is 18.6 Å². The molecule has 20 heavy (non-hydrogen) atoms. The number of halogens is 1. The van der Waals surface area contributed by atoms with E-state index in [0.29, 0.717) is 10.7 Å². The molecule has 0 fully saturated rings. The number of amides is 1. The van der Waals surface area contributed by atoms with Crippen LogP contribution in [0.15, 0.2) is 48.7 Å². The Labute approximate surface area is 122 Å². The van der Waals surface area contributed by atoms with Crippen LogP contribution in [0.3, 0.4) is 0 Å². The average molecular weight is 291 g/mol. The molecular weight excluding hydrogens is 276 g/mol. The predicted molar refractivity (Wildman–Crippen MR) is 77.2 cm³/mol. The summed E-state index contributed by atoms with van der Waals surface area (Å²) in [7, 11) is 0. The second kappa shape index (κ2) is 6.50. The second-order valence-corrected chi connectivity index (χ2v) is 4.85. The maximum Gasteiger partial charge on any atom is 0.254 e. The molecule has 2 rings (SSSR count). The monoisotopic (exact) mass is 290 g/mol. The Morgan fingerprint density at radius 3 is 2.50 bits per heavy atom. The largest absolute Gasteiger partial charge is 0.378 e. The lowest BCUT2D eigenvalue weighted by Crippen LogP contribution is -2.31. The van der Waals surface area contributed by atoms with Crippen LogP contribution in [0.5, 0.6) is 0 Å². The van der Waals surface area contributed by atoms with E-state index in [9.17, 15) is 9.90 Å². The summed E-state index contributed by atoms with van der Waals surface area (Å²) < 4.78 is 0. The fourth-order valence-electron chi connectivity index (χ4n) is 1.82. The third kappa shape index (κ3) is 3.56. The molecule has 0 aliphatic carbocycles. The standard InChI is InChI=1S/C15H15ClN2O2/c1-10(11-5-3-2-4-6-11)18-15(20)14(19)12-7-8-13(16)17-9-12/h2-10,14,19H,1H3,(H,18,20)/t10-,14-/m1/s1. The molecule has 1 aromatic heterocycles. The number of nitrogens with zero attached hydrogens (tertiary/aromatic N) is 1. The molecule has 0 saturated carbocycles. The summed E-state index contributed by atoms with van der Waals surface area (Å²) in [4.78, 5) is 15.8. The average Bonchev–Trinajstić information content (AvgIpc) is 2.48. The Morgan fingerprint density at radius 2 is 1.90 bits per heavy atom. The normalized spacial score (nSPS) is 13.6. The molecule has 0 unspecified atom stereocenters. The Morgan fingerprint density at radius 1 is 1.20 bits per heavy atom. The predicted octanol–water partition coefficient (Wildman–Crippen LogP) is 2.65. The van der Waals surface area contributed by atoms with Gasteiger partial charge in [0.15, 0.2) is 6.10 Å². The van der Waals surface area contributed by atoms with Gasteiger partial charge in [0.05, 0.1) is 6.04 Å². The highest BCUT2D eigenvalue weighted by Crippen LogP contribution is 2.17. The number of carbonyl (C=O) groups is 1. The molecule has 0 radical (unpaired) electrons. The molecule has 1 heterocycles. The van der Waals surface area contributed by atoms with Crippen LogP contribution in [0.2, 0.25) is 5.15 Å². The first kappa shape index (κ1) is 14.5. The van der Waals surface area contributed by atoms with Crippen LogP contribution < -0.4 is 5.32 Å². The summed E-state index contributed by atoms with van der Waals surface area (Å²) in [6, 6.07) is 12.5.